The lowest BCUT2D eigenvalue weighted by atomic mass is 10.2. The largest absolute Gasteiger partial charge is 0.341 e. The third-order valence-corrected chi connectivity index (χ3v) is 5.43. The van der Waals surface area contributed by atoms with Crippen LogP contribution in [0.25, 0.3) is 16.6 Å². The van der Waals surface area contributed by atoms with E-state index in [2.05, 4.69) is 10.2 Å². The molecule has 0 radical (unpaired) electrons. The Balaban J connectivity index is 1.72. The quantitative estimate of drug-likeness (QED) is 0.701. The Morgan fingerprint density at radius 1 is 1.00 bits per heavy atom. The first kappa shape index (κ1) is 18.4. The fourth-order valence-corrected chi connectivity index (χ4v) is 3.96. The van der Waals surface area contributed by atoms with Crippen LogP contribution in [0.2, 0.25) is 0 Å². The molecule has 1 fully saturated rings. The van der Waals surface area contributed by atoms with Gasteiger partial charge in [-0.3, -0.25) is 9.59 Å². The van der Waals surface area contributed by atoms with Crippen LogP contribution in [-0.2, 0) is 11.3 Å². The molecule has 0 saturated carbocycles. The van der Waals surface area contributed by atoms with Crippen molar-refractivity contribution in [2.75, 3.05) is 13.1 Å². The summed E-state index contributed by atoms with van der Waals surface area (Å²) in [4.78, 5) is 27.6. The lowest BCUT2D eigenvalue weighted by molar-refractivity contribution is -0.132. The van der Waals surface area contributed by atoms with Crippen molar-refractivity contribution in [1.29, 1.82) is 0 Å². The number of carbonyl (C=O) groups is 1. The Morgan fingerprint density at radius 3 is 2.36 bits per heavy atom. The second-order valence-corrected chi connectivity index (χ2v) is 7.40. The molecule has 1 amide bonds. The van der Waals surface area contributed by atoms with Gasteiger partial charge in [0.05, 0.1) is 22.5 Å². The molecular formula is C21H25N5O2. The first-order valence-corrected chi connectivity index (χ1v) is 9.86. The van der Waals surface area contributed by atoms with Gasteiger partial charge in [-0.05, 0) is 38.8 Å². The lowest BCUT2D eigenvalue weighted by Gasteiger charge is -2.20. The molecule has 7 heteroatoms. The molecule has 0 unspecified atom stereocenters. The fraction of sp³-hybridized carbons (Fsp3) is 0.429. The summed E-state index contributed by atoms with van der Waals surface area (Å²) in [7, 11) is 0. The maximum atomic E-state index is 13.0. The van der Waals surface area contributed by atoms with Crippen LogP contribution in [0.3, 0.4) is 0 Å². The van der Waals surface area contributed by atoms with E-state index in [0.29, 0.717) is 11.2 Å². The molecule has 0 spiro atoms. The average Bonchev–Trinajstić information content (AvgIpc) is 2.87. The second-order valence-electron chi connectivity index (χ2n) is 7.40. The number of para-hydroxylation sites is 1. The highest BCUT2D eigenvalue weighted by molar-refractivity contribution is 5.83. The first-order valence-electron chi connectivity index (χ1n) is 9.86. The molecule has 1 aliphatic heterocycles. The van der Waals surface area contributed by atoms with E-state index in [4.69, 9.17) is 0 Å². The number of aromatic nitrogens is 4. The Morgan fingerprint density at radius 2 is 1.68 bits per heavy atom. The SMILES string of the molecule is Cc1nn(CC(=O)N2CCCCCC2)c(=O)c2nn(-c3ccccc3)c(C)c12. The molecule has 0 aliphatic carbocycles. The van der Waals surface area contributed by atoms with Crippen LogP contribution in [0, 0.1) is 13.8 Å². The Labute approximate surface area is 163 Å². The molecule has 1 aliphatic rings. The minimum Gasteiger partial charge on any atom is -0.341 e. The van der Waals surface area contributed by atoms with Crippen molar-refractivity contribution < 1.29 is 4.79 Å². The summed E-state index contributed by atoms with van der Waals surface area (Å²) in [6, 6.07) is 9.71. The van der Waals surface area contributed by atoms with Crippen molar-refractivity contribution >= 4 is 16.8 Å². The Hall–Kier alpha value is -2.96. The number of fused-ring (bicyclic) bond motifs is 1. The van der Waals surface area contributed by atoms with Gasteiger partial charge in [0, 0.05) is 13.1 Å². The van der Waals surface area contributed by atoms with Gasteiger partial charge in [-0.2, -0.15) is 10.2 Å². The van der Waals surface area contributed by atoms with Gasteiger partial charge >= 0.3 is 0 Å². The number of carbonyl (C=O) groups excluding carboxylic acids is 1. The number of amides is 1. The zero-order valence-corrected chi connectivity index (χ0v) is 16.4. The van der Waals surface area contributed by atoms with Crippen LogP contribution >= 0.6 is 0 Å². The number of hydrogen-bond acceptors (Lipinski definition) is 4. The highest BCUT2D eigenvalue weighted by atomic mass is 16.2. The van der Waals surface area contributed by atoms with Crippen molar-refractivity contribution in [3.05, 3.63) is 52.1 Å². The monoisotopic (exact) mass is 379 g/mol. The van der Waals surface area contributed by atoms with Gasteiger partial charge in [0.2, 0.25) is 5.91 Å². The summed E-state index contributed by atoms with van der Waals surface area (Å²) in [5.41, 5.74) is 2.51. The predicted molar refractivity (Wildman–Crippen MR) is 108 cm³/mol. The van der Waals surface area contributed by atoms with E-state index >= 15 is 0 Å². The van der Waals surface area contributed by atoms with E-state index in [0.717, 1.165) is 55.5 Å². The summed E-state index contributed by atoms with van der Waals surface area (Å²) >= 11 is 0. The minimum absolute atomic E-state index is 0.0349. The summed E-state index contributed by atoms with van der Waals surface area (Å²) < 4.78 is 3.04. The van der Waals surface area contributed by atoms with Crippen molar-refractivity contribution in [3.8, 4) is 5.69 Å². The van der Waals surface area contributed by atoms with E-state index in [1.165, 1.54) is 4.68 Å². The highest BCUT2D eigenvalue weighted by Crippen LogP contribution is 2.21. The number of hydrogen-bond donors (Lipinski definition) is 0. The number of nitrogens with zero attached hydrogens (tertiary/aromatic N) is 5. The summed E-state index contributed by atoms with van der Waals surface area (Å²) in [6.07, 6.45) is 4.35. The lowest BCUT2D eigenvalue weighted by Crippen LogP contribution is -2.38. The van der Waals surface area contributed by atoms with Gasteiger partial charge < -0.3 is 4.90 Å². The molecule has 7 nitrogen and oxygen atoms in total. The van der Waals surface area contributed by atoms with Crippen LogP contribution in [0.1, 0.15) is 37.1 Å². The van der Waals surface area contributed by atoms with E-state index in [9.17, 15) is 9.59 Å². The molecule has 146 valence electrons. The van der Waals surface area contributed by atoms with Crippen LogP contribution in [0.4, 0.5) is 0 Å². The van der Waals surface area contributed by atoms with E-state index in [1.54, 1.807) is 4.68 Å². The number of aryl methyl sites for hydroxylation is 2. The van der Waals surface area contributed by atoms with Gasteiger partial charge in [-0.1, -0.05) is 31.0 Å². The number of likely N-dealkylation sites (tertiary alicyclic amines) is 1. The van der Waals surface area contributed by atoms with Gasteiger partial charge in [-0.15, -0.1) is 0 Å². The van der Waals surface area contributed by atoms with Crippen molar-refractivity contribution in [2.45, 2.75) is 46.1 Å². The van der Waals surface area contributed by atoms with E-state index < -0.39 is 0 Å². The highest BCUT2D eigenvalue weighted by Gasteiger charge is 2.21. The molecular weight excluding hydrogens is 354 g/mol. The first-order chi connectivity index (χ1) is 13.6. The smallest absolute Gasteiger partial charge is 0.295 e. The maximum Gasteiger partial charge on any atom is 0.295 e. The van der Waals surface area contributed by atoms with Crippen LogP contribution < -0.4 is 5.56 Å². The fourth-order valence-electron chi connectivity index (χ4n) is 3.96. The Bertz CT molecular complexity index is 1060. The molecule has 4 rings (SSSR count). The molecule has 1 aromatic carbocycles. The Kier molecular flexibility index (Phi) is 4.98. The molecule has 0 bridgehead atoms. The second kappa shape index (κ2) is 7.58. The third-order valence-electron chi connectivity index (χ3n) is 5.43. The molecule has 0 atom stereocenters. The van der Waals surface area contributed by atoms with Crippen molar-refractivity contribution in [1.82, 2.24) is 24.5 Å². The predicted octanol–water partition coefficient (Wildman–Crippen LogP) is 2.60. The normalized spacial score (nSPS) is 15.0. The zero-order chi connectivity index (χ0) is 19.7. The average molecular weight is 379 g/mol. The van der Waals surface area contributed by atoms with Crippen LogP contribution in [-0.4, -0.2) is 43.5 Å². The van der Waals surface area contributed by atoms with Gasteiger partial charge in [0.25, 0.3) is 5.56 Å². The van der Waals surface area contributed by atoms with Gasteiger partial charge in [-0.25, -0.2) is 9.36 Å². The molecule has 2 aromatic heterocycles. The van der Waals surface area contributed by atoms with Crippen LogP contribution in [0.5, 0.6) is 0 Å². The molecule has 3 aromatic rings. The molecule has 3 heterocycles. The summed E-state index contributed by atoms with van der Waals surface area (Å²) in [6.45, 7) is 5.28. The minimum atomic E-state index is -0.318. The zero-order valence-electron chi connectivity index (χ0n) is 16.4. The van der Waals surface area contributed by atoms with Crippen molar-refractivity contribution in [3.63, 3.8) is 0 Å². The topological polar surface area (TPSA) is 73.0 Å². The van der Waals surface area contributed by atoms with Crippen molar-refractivity contribution in [2.24, 2.45) is 0 Å². The van der Waals surface area contributed by atoms with E-state index in [-0.39, 0.29) is 18.0 Å². The number of benzene rings is 1. The van der Waals surface area contributed by atoms with Gasteiger partial charge in [0.15, 0.2) is 5.52 Å². The molecule has 1 saturated heterocycles. The van der Waals surface area contributed by atoms with E-state index in [1.807, 2.05) is 49.1 Å². The van der Waals surface area contributed by atoms with Gasteiger partial charge in [0.1, 0.15) is 6.54 Å². The number of rotatable bonds is 3. The molecule has 28 heavy (non-hydrogen) atoms. The molecule has 0 N–H and O–H groups in total. The van der Waals surface area contributed by atoms with Crippen LogP contribution in [0.15, 0.2) is 35.1 Å². The standard InChI is InChI=1S/C21H25N5O2/c1-15-19-16(2)26(17-10-6-5-7-11-17)23-20(19)21(28)25(22-15)14-18(27)24-12-8-3-4-9-13-24/h5-7,10-11H,3-4,8-9,12-14H2,1-2H3. The summed E-state index contributed by atoms with van der Waals surface area (Å²) in [5, 5.41) is 9.74. The maximum absolute atomic E-state index is 13.0. The summed E-state index contributed by atoms with van der Waals surface area (Å²) in [5.74, 6) is -0.0468. The third kappa shape index (κ3) is 3.32.